The Hall–Kier alpha value is -4.94. The van der Waals surface area contributed by atoms with Crippen molar-refractivity contribution in [3.8, 4) is 22.6 Å². The highest BCUT2D eigenvalue weighted by Gasteiger charge is 2.41. The quantitative estimate of drug-likeness (QED) is 0.214. The van der Waals surface area contributed by atoms with Crippen LogP contribution in [0.15, 0.2) is 48.5 Å². The molecule has 4 N–H and O–H groups in total. The number of likely N-dealkylation sites (tertiary alicyclic amines) is 1. The van der Waals surface area contributed by atoms with Gasteiger partial charge in [-0.15, -0.1) is 0 Å². The van der Waals surface area contributed by atoms with Crippen molar-refractivity contribution in [3.63, 3.8) is 0 Å². The summed E-state index contributed by atoms with van der Waals surface area (Å²) in [6, 6.07) is 11.5. The number of carbonyl (C=O) groups is 6. The minimum Gasteiger partial charge on any atom is -0.497 e. The van der Waals surface area contributed by atoms with Crippen LogP contribution in [0, 0.1) is 5.92 Å². The van der Waals surface area contributed by atoms with E-state index in [-0.39, 0.29) is 24.8 Å². The highest BCUT2D eigenvalue weighted by atomic mass is 16.5. The lowest BCUT2D eigenvalue weighted by molar-refractivity contribution is -0.141. The summed E-state index contributed by atoms with van der Waals surface area (Å²) in [5.74, 6) is -2.50. The van der Waals surface area contributed by atoms with Gasteiger partial charge in [-0.25, -0.2) is 0 Å². The molecule has 2 aromatic rings. The Balaban J connectivity index is 1.78. The van der Waals surface area contributed by atoms with Crippen LogP contribution in [0.1, 0.15) is 40.0 Å². The lowest BCUT2D eigenvalue weighted by atomic mass is 9.98. The number of hydrogen-bond donors (Lipinski definition) is 4. The van der Waals surface area contributed by atoms with Crippen LogP contribution in [0.25, 0.3) is 11.1 Å². The van der Waals surface area contributed by atoms with Crippen molar-refractivity contribution >= 4 is 35.9 Å². The third-order valence-corrected chi connectivity index (χ3v) is 7.60. The van der Waals surface area contributed by atoms with Crippen LogP contribution in [-0.2, 0) is 28.8 Å². The molecule has 0 saturated carbocycles. The molecule has 0 aliphatic carbocycles. The largest absolute Gasteiger partial charge is 0.497 e. The lowest BCUT2D eigenvalue weighted by Crippen LogP contribution is -2.54. The van der Waals surface area contributed by atoms with Gasteiger partial charge in [0, 0.05) is 13.3 Å². The summed E-state index contributed by atoms with van der Waals surface area (Å²) in [6.07, 6.45) is -0.271. The molecule has 1 fully saturated rings. The summed E-state index contributed by atoms with van der Waals surface area (Å²) in [5.41, 5.74) is 1.79. The average molecular weight is 625 g/mol. The first kappa shape index (κ1) is 34.5. The molecule has 3 rings (SSSR count). The van der Waals surface area contributed by atoms with E-state index in [2.05, 4.69) is 16.0 Å². The molecule has 1 heterocycles. The highest BCUT2D eigenvalue weighted by molar-refractivity contribution is 5.93. The summed E-state index contributed by atoms with van der Waals surface area (Å²) in [4.78, 5) is 75.0. The number of rotatable bonds is 15. The van der Waals surface area contributed by atoms with Gasteiger partial charge in [0.05, 0.1) is 32.7 Å². The molecule has 2 aromatic carbocycles. The second-order valence-corrected chi connectivity index (χ2v) is 10.9. The molecule has 0 radical (unpaired) electrons. The van der Waals surface area contributed by atoms with Crippen LogP contribution in [0.5, 0.6) is 11.5 Å². The topological polar surface area (TPSA) is 180 Å². The molecule has 1 saturated heterocycles. The van der Waals surface area contributed by atoms with Gasteiger partial charge in [-0.1, -0.05) is 44.5 Å². The van der Waals surface area contributed by atoms with E-state index in [9.17, 15) is 28.8 Å². The number of carboxylic acids is 1. The summed E-state index contributed by atoms with van der Waals surface area (Å²) < 4.78 is 11.4. The van der Waals surface area contributed by atoms with Crippen molar-refractivity contribution in [2.75, 3.05) is 20.2 Å². The highest BCUT2D eigenvalue weighted by Crippen LogP contribution is 2.29. The van der Waals surface area contributed by atoms with Gasteiger partial charge in [0.15, 0.2) is 0 Å². The molecule has 45 heavy (non-hydrogen) atoms. The second-order valence-electron chi connectivity index (χ2n) is 10.9. The van der Waals surface area contributed by atoms with Crippen LogP contribution in [0.2, 0.25) is 0 Å². The van der Waals surface area contributed by atoms with E-state index in [4.69, 9.17) is 14.6 Å². The normalized spacial score (nSPS) is 17.7. The minimum atomic E-state index is -1.29. The third-order valence-electron chi connectivity index (χ3n) is 7.60. The van der Waals surface area contributed by atoms with Crippen molar-refractivity contribution in [1.82, 2.24) is 20.9 Å². The number of aldehydes is 1. The fourth-order valence-corrected chi connectivity index (χ4v) is 5.03. The Morgan fingerprint density at radius 2 is 1.76 bits per heavy atom. The molecule has 0 bridgehead atoms. The zero-order valence-electron chi connectivity index (χ0n) is 25.8. The van der Waals surface area contributed by atoms with E-state index in [1.54, 1.807) is 20.1 Å². The average Bonchev–Trinajstić information content (AvgIpc) is 3.45. The van der Waals surface area contributed by atoms with Gasteiger partial charge in [-0.2, -0.15) is 0 Å². The maximum Gasteiger partial charge on any atom is 0.305 e. The van der Waals surface area contributed by atoms with Crippen molar-refractivity contribution < 1.29 is 43.3 Å². The molecule has 1 aliphatic rings. The monoisotopic (exact) mass is 624 g/mol. The number of amides is 4. The van der Waals surface area contributed by atoms with Crippen LogP contribution >= 0.6 is 0 Å². The molecule has 13 nitrogen and oxygen atoms in total. The molecule has 242 valence electrons. The Labute approximate surface area is 261 Å². The smallest absolute Gasteiger partial charge is 0.305 e. The Morgan fingerprint density at radius 1 is 1.04 bits per heavy atom. The summed E-state index contributed by atoms with van der Waals surface area (Å²) >= 11 is 0. The van der Waals surface area contributed by atoms with Crippen LogP contribution in [0.3, 0.4) is 0 Å². The molecule has 5 atom stereocenters. The number of carboxylic acid groups (broad SMARTS) is 1. The van der Waals surface area contributed by atoms with Crippen molar-refractivity contribution in [2.24, 2.45) is 5.92 Å². The van der Waals surface area contributed by atoms with Gasteiger partial charge >= 0.3 is 5.97 Å². The predicted octanol–water partition coefficient (Wildman–Crippen LogP) is 1.54. The molecule has 0 aromatic heterocycles. The van der Waals surface area contributed by atoms with Crippen LogP contribution < -0.4 is 25.4 Å². The maximum atomic E-state index is 13.4. The maximum absolute atomic E-state index is 13.4. The van der Waals surface area contributed by atoms with E-state index < -0.39 is 60.9 Å². The SMILES string of the molecule is CC[C@H](C)[C@H](NC(C)=O)C(=O)NCC(=O)N1C[C@H](Oc2cccc(-c3ccc(OC)cc3)c2)C[C@H]1C(=O)N[C@H](C=O)CC(=O)O. The molecule has 0 unspecified atom stereocenters. The fourth-order valence-electron chi connectivity index (χ4n) is 5.03. The number of ether oxygens (including phenoxy) is 2. The van der Waals surface area contributed by atoms with Gasteiger partial charge in [0.1, 0.15) is 36.0 Å². The van der Waals surface area contributed by atoms with E-state index in [1.165, 1.54) is 11.8 Å². The van der Waals surface area contributed by atoms with E-state index in [0.717, 1.165) is 11.1 Å². The Bertz CT molecular complexity index is 1380. The molecule has 4 amide bonds. The van der Waals surface area contributed by atoms with Crippen LogP contribution in [-0.4, -0.2) is 90.3 Å². The molecule has 1 aliphatic heterocycles. The number of aliphatic carboxylic acids is 1. The Morgan fingerprint density at radius 3 is 2.36 bits per heavy atom. The van der Waals surface area contributed by atoms with E-state index >= 15 is 0 Å². The first-order valence-corrected chi connectivity index (χ1v) is 14.7. The van der Waals surface area contributed by atoms with Gasteiger partial charge in [-0.3, -0.25) is 24.0 Å². The third kappa shape index (κ3) is 9.78. The summed E-state index contributed by atoms with van der Waals surface area (Å²) in [6.45, 7) is 4.50. The summed E-state index contributed by atoms with van der Waals surface area (Å²) in [5, 5.41) is 16.6. The summed E-state index contributed by atoms with van der Waals surface area (Å²) in [7, 11) is 1.58. The van der Waals surface area contributed by atoms with E-state index in [1.807, 2.05) is 49.4 Å². The fraction of sp³-hybridized carbons (Fsp3) is 0.438. The zero-order chi connectivity index (χ0) is 33.1. The van der Waals surface area contributed by atoms with Gasteiger partial charge in [0.25, 0.3) is 0 Å². The van der Waals surface area contributed by atoms with E-state index in [0.29, 0.717) is 24.2 Å². The van der Waals surface area contributed by atoms with Gasteiger partial charge < -0.3 is 40.2 Å². The number of nitrogens with one attached hydrogen (secondary N) is 3. The molecular weight excluding hydrogens is 584 g/mol. The molecule has 0 spiro atoms. The van der Waals surface area contributed by atoms with Gasteiger partial charge in [-0.05, 0) is 41.3 Å². The zero-order valence-corrected chi connectivity index (χ0v) is 25.8. The number of hydrogen-bond acceptors (Lipinski definition) is 8. The van der Waals surface area contributed by atoms with Crippen molar-refractivity contribution in [2.45, 2.75) is 64.3 Å². The second kappa shape index (κ2) is 16.2. The van der Waals surface area contributed by atoms with Gasteiger partial charge in [0.2, 0.25) is 23.6 Å². The first-order chi connectivity index (χ1) is 21.4. The predicted molar refractivity (Wildman–Crippen MR) is 163 cm³/mol. The number of nitrogens with zero attached hydrogens (tertiary/aromatic N) is 1. The lowest BCUT2D eigenvalue weighted by Gasteiger charge is -2.26. The molecular formula is C32H40N4O9. The number of benzene rings is 2. The van der Waals surface area contributed by atoms with Crippen molar-refractivity contribution in [1.29, 1.82) is 0 Å². The Kier molecular flexibility index (Phi) is 12.5. The first-order valence-electron chi connectivity index (χ1n) is 14.7. The van der Waals surface area contributed by atoms with Crippen molar-refractivity contribution in [3.05, 3.63) is 48.5 Å². The standard InChI is InChI=1S/C32H40N4O9/c1-5-19(2)30(34-20(3)38)32(43)33-16-28(39)36-17-26(15-27(36)31(42)35-23(18-37)14-29(40)41)45-25-8-6-7-22(13-25)21-9-11-24(44-4)12-10-21/h6-13,18-19,23,26-27,30H,5,14-17H2,1-4H3,(H,33,43)(H,34,38)(H,35,42)(H,40,41)/t19-,23-,26+,27-,30-/m0/s1. The molecule has 13 heteroatoms. The minimum absolute atomic E-state index is 0.00920. The number of carbonyl (C=O) groups excluding carboxylic acids is 5. The van der Waals surface area contributed by atoms with Crippen LogP contribution in [0.4, 0.5) is 0 Å². The number of methoxy groups -OCH3 is 1.